The Hall–Kier alpha value is -1.62. The van der Waals surface area contributed by atoms with Crippen molar-refractivity contribution in [3.63, 3.8) is 0 Å². The fourth-order valence-corrected chi connectivity index (χ4v) is 2.00. The van der Waals surface area contributed by atoms with Crippen LogP contribution in [-0.2, 0) is 4.79 Å². The topological polar surface area (TPSA) is 50.4 Å². The molecule has 0 bridgehead atoms. The van der Waals surface area contributed by atoms with Crippen molar-refractivity contribution in [2.24, 2.45) is 5.92 Å². The van der Waals surface area contributed by atoms with E-state index in [2.05, 4.69) is 10.6 Å². The number of methoxy groups -OCH3 is 1. The van der Waals surface area contributed by atoms with Gasteiger partial charge in [0, 0.05) is 5.92 Å². The second kappa shape index (κ2) is 5.82. The molecule has 0 spiro atoms. The van der Waals surface area contributed by atoms with Crippen LogP contribution in [0.2, 0.25) is 0 Å². The number of ether oxygens (including phenoxy) is 1. The number of hydrogen-bond acceptors (Lipinski definition) is 3. The van der Waals surface area contributed by atoms with Crippen LogP contribution < -0.4 is 15.4 Å². The lowest BCUT2D eigenvalue weighted by molar-refractivity contribution is -0.125. The molecule has 2 N–H and O–H groups in total. The van der Waals surface area contributed by atoms with Gasteiger partial charge in [-0.05, 0) is 37.2 Å². The van der Waals surface area contributed by atoms with Crippen molar-refractivity contribution in [3.8, 4) is 5.75 Å². The van der Waals surface area contributed by atoms with Crippen LogP contribution in [0.15, 0.2) is 24.3 Å². The average molecular weight is 264 g/mol. The van der Waals surface area contributed by atoms with Crippen molar-refractivity contribution in [1.29, 1.82) is 0 Å². The maximum absolute atomic E-state index is 11.7. The number of carbonyl (C=O) groups excluding carboxylic acids is 1. The molecule has 1 aromatic carbocycles. The quantitative estimate of drug-likeness (QED) is 0.823. The maximum atomic E-state index is 11.7. The Morgan fingerprint density at radius 3 is 2.72 bits per heavy atom. The molecule has 0 saturated heterocycles. The minimum atomic E-state index is 0.00801. The summed E-state index contributed by atoms with van der Waals surface area (Å²) in [6, 6.07) is 7.43. The van der Waals surface area contributed by atoms with E-state index in [1.807, 2.05) is 24.3 Å². The van der Waals surface area contributed by atoms with Crippen LogP contribution in [0.1, 0.15) is 19.3 Å². The van der Waals surface area contributed by atoms with Gasteiger partial charge in [-0.1, -0.05) is 18.6 Å². The molecule has 0 atom stereocenters. The van der Waals surface area contributed by atoms with E-state index >= 15 is 0 Å². The smallest absolute Gasteiger partial charge is 0.229 e. The Kier molecular flexibility index (Phi) is 4.15. The van der Waals surface area contributed by atoms with Crippen LogP contribution >= 0.6 is 12.2 Å². The van der Waals surface area contributed by atoms with Gasteiger partial charge in [-0.15, -0.1) is 0 Å². The fraction of sp³-hybridized carbons (Fsp3) is 0.385. The Balaban J connectivity index is 1.92. The summed E-state index contributed by atoms with van der Waals surface area (Å²) in [6.45, 7) is 0. The summed E-state index contributed by atoms with van der Waals surface area (Å²) in [6.07, 6.45) is 3.05. The van der Waals surface area contributed by atoms with Gasteiger partial charge in [0.15, 0.2) is 5.11 Å². The molecular formula is C13H16N2O2S. The number of thiocarbonyl (C=S) groups is 1. The van der Waals surface area contributed by atoms with Crippen molar-refractivity contribution >= 4 is 28.9 Å². The number of amides is 1. The Morgan fingerprint density at radius 1 is 1.39 bits per heavy atom. The summed E-state index contributed by atoms with van der Waals surface area (Å²) in [5.74, 6) is 0.828. The van der Waals surface area contributed by atoms with E-state index < -0.39 is 0 Å². The Morgan fingerprint density at radius 2 is 2.11 bits per heavy atom. The predicted molar refractivity (Wildman–Crippen MR) is 74.7 cm³/mol. The number of para-hydroxylation sites is 2. The number of benzene rings is 1. The molecule has 0 aliphatic heterocycles. The van der Waals surface area contributed by atoms with Gasteiger partial charge in [0.25, 0.3) is 0 Å². The summed E-state index contributed by atoms with van der Waals surface area (Å²) in [4.78, 5) is 11.7. The number of anilines is 1. The maximum Gasteiger partial charge on any atom is 0.229 e. The zero-order valence-electron chi connectivity index (χ0n) is 10.2. The van der Waals surface area contributed by atoms with Crippen molar-refractivity contribution in [2.45, 2.75) is 19.3 Å². The number of nitrogens with one attached hydrogen (secondary N) is 2. The van der Waals surface area contributed by atoms with E-state index in [4.69, 9.17) is 17.0 Å². The first kappa shape index (κ1) is 12.8. The summed E-state index contributed by atoms with van der Waals surface area (Å²) < 4.78 is 5.20. The van der Waals surface area contributed by atoms with Gasteiger partial charge in [-0.2, -0.15) is 0 Å². The van der Waals surface area contributed by atoms with Crippen LogP contribution in [0.5, 0.6) is 5.75 Å². The number of rotatable bonds is 3. The van der Waals surface area contributed by atoms with E-state index in [0.717, 1.165) is 24.9 Å². The monoisotopic (exact) mass is 264 g/mol. The summed E-state index contributed by atoms with van der Waals surface area (Å²) >= 11 is 5.11. The first-order valence-electron chi connectivity index (χ1n) is 5.95. The SMILES string of the molecule is COc1ccccc1NC(=S)NC(=O)C1CCC1. The van der Waals surface area contributed by atoms with E-state index in [9.17, 15) is 4.79 Å². The van der Waals surface area contributed by atoms with E-state index in [-0.39, 0.29) is 11.8 Å². The summed E-state index contributed by atoms with van der Waals surface area (Å²) in [5.41, 5.74) is 0.749. The molecule has 0 heterocycles. The highest BCUT2D eigenvalue weighted by Crippen LogP contribution is 2.26. The van der Waals surface area contributed by atoms with Crippen LogP contribution in [0.4, 0.5) is 5.69 Å². The fourth-order valence-electron chi connectivity index (χ4n) is 1.79. The minimum Gasteiger partial charge on any atom is -0.495 e. The van der Waals surface area contributed by atoms with E-state index in [1.165, 1.54) is 0 Å². The van der Waals surface area contributed by atoms with Gasteiger partial charge in [0.05, 0.1) is 12.8 Å². The first-order chi connectivity index (χ1) is 8.70. The second-order valence-corrected chi connectivity index (χ2v) is 4.68. The van der Waals surface area contributed by atoms with Gasteiger partial charge in [0.1, 0.15) is 5.75 Å². The molecular weight excluding hydrogens is 248 g/mol. The zero-order valence-corrected chi connectivity index (χ0v) is 11.0. The van der Waals surface area contributed by atoms with Crippen LogP contribution in [0, 0.1) is 5.92 Å². The molecule has 2 rings (SSSR count). The van der Waals surface area contributed by atoms with Crippen molar-refractivity contribution in [1.82, 2.24) is 5.32 Å². The van der Waals surface area contributed by atoms with Crippen molar-refractivity contribution < 1.29 is 9.53 Å². The molecule has 1 amide bonds. The van der Waals surface area contributed by atoms with E-state index in [0.29, 0.717) is 10.9 Å². The van der Waals surface area contributed by atoms with Gasteiger partial charge >= 0.3 is 0 Å². The number of hydrogen-bond donors (Lipinski definition) is 2. The predicted octanol–water partition coefficient (Wildman–Crippen LogP) is 2.31. The van der Waals surface area contributed by atoms with Gasteiger partial charge in [0.2, 0.25) is 5.91 Å². The summed E-state index contributed by atoms with van der Waals surface area (Å²) in [5, 5.41) is 5.99. The molecule has 1 fully saturated rings. The largest absolute Gasteiger partial charge is 0.495 e. The third kappa shape index (κ3) is 2.98. The van der Waals surface area contributed by atoms with Crippen LogP contribution in [0.3, 0.4) is 0 Å². The van der Waals surface area contributed by atoms with Gasteiger partial charge in [-0.25, -0.2) is 0 Å². The van der Waals surface area contributed by atoms with Gasteiger partial charge in [-0.3, -0.25) is 4.79 Å². The van der Waals surface area contributed by atoms with Crippen molar-refractivity contribution in [2.75, 3.05) is 12.4 Å². The first-order valence-corrected chi connectivity index (χ1v) is 6.36. The Labute approximate surface area is 112 Å². The van der Waals surface area contributed by atoms with Crippen LogP contribution in [0.25, 0.3) is 0 Å². The third-order valence-electron chi connectivity index (χ3n) is 3.07. The molecule has 4 nitrogen and oxygen atoms in total. The summed E-state index contributed by atoms with van der Waals surface area (Å²) in [7, 11) is 1.59. The molecule has 96 valence electrons. The molecule has 1 aromatic rings. The molecule has 18 heavy (non-hydrogen) atoms. The van der Waals surface area contributed by atoms with Crippen molar-refractivity contribution in [3.05, 3.63) is 24.3 Å². The van der Waals surface area contributed by atoms with Gasteiger partial charge < -0.3 is 15.4 Å². The standard InChI is InChI=1S/C13H16N2O2S/c1-17-11-8-3-2-7-10(11)14-13(18)15-12(16)9-5-4-6-9/h2-3,7-9H,4-6H2,1H3,(H2,14,15,16,18). The lowest BCUT2D eigenvalue weighted by atomic mass is 9.85. The lowest BCUT2D eigenvalue weighted by Crippen LogP contribution is -2.40. The molecule has 1 saturated carbocycles. The average Bonchev–Trinajstić information content (AvgIpc) is 2.27. The number of carbonyl (C=O) groups is 1. The lowest BCUT2D eigenvalue weighted by Gasteiger charge is -2.24. The normalized spacial score (nSPS) is 14.5. The highest BCUT2D eigenvalue weighted by atomic mass is 32.1. The van der Waals surface area contributed by atoms with Crippen LogP contribution in [-0.4, -0.2) is 18.1 Å². The highest BCUT2D eigenvalue weighted by molar-refractivity contribution is 7.80. The molecule has 5 heteroatoms. The van der Waals surface area contributed by atoms with E-state index in [1.54, 1.807) is 7.11 Å². The molecule has 0 radical (unpaired) electrons. The highest BCUT2D eigenvalue weighted by Gasteiger charge is 2.25. The molecule has 0 unspecified atom stereocenters. The minimum absolute atomic E-state index is 0.00801. The third-order valence-corrected chi connectivity index (χ3v) is 3.27. The second-order valence-electron chi connectivity index (χ2n) is 4.27. The molecule has 0 aromatic heterocycles. The Bertz CT molecular complexity index is 458. The zero-order chi connectivity index (χ0) is 13.0. The molecule has 1 aliphatic carbocycles. The molecule has 1 aliphatic rings.